The average molecular weight is 382 g/mol. The third-order valence-electron chi connectivity index (χ3n) is 4.02. The van der Waals surface area contributed by atoms with Crippen LogP contribution in [0.4, 0.5) is 0 Å². The van der Waals surface area contributed by atoms with Gasteiger partial charge in [-0.15, -0.1) is 0 Å². The minimum atomic E-state index is -0.363. The number of allylic oxidation sites excluding steroid dienone is 3. The number of aromatic hydroxyl groups is 2. The SMILES string of the molecule is COc1cc(/C=C/C(=O)/C(C)=C(O)/C=C/c2ccc(O)c(OC)c2)ccc1O. The van der Waals surface area contributed by atoms with Gasteiger partial charge in [0.15, 0.2) is 28.8 Å². The summed E-state index contributed by atoms with van der Waals surface area (Å²) in [6.07, 6.45) is 5.89. The van der Waals surface area contributed by atoms with E-state index in [1.165, 1.54) is 45.4 Å². The van der Waals surface area contributed by atoms with E-state index in [0.717, 1.165) is 0 Å². The third kappa shape index (κ3) is 5.17. The highest BCUT2D eigenvalue weighted by atomic mass is 16.5. The fourth-order valence-electron chi connectivity index (χ4n) is 2.32. The normalized spacial score (nSPS) is 12.2. The van der Waals surface area contributed by atoms with Gasteiger partial charge in [0.25, 0.3) is 0 Å². The zero-order chi connectivity index (χ0) is 20.7. The van der Waals surface area contributed by atoms with E-state index in [2.05, 4.69) is 0 Å². The first-order valence-electron chi connectivity index (χ1n) is 8.40. The van der Waals surface area contributed by atoms with Crippen LogP contribution in [0.3, 0.4) is 0 Å². The monoisotopic (exact) mass is 382 g/mol. The summed E-state index contributed by atoms with van der Waals surface area (Å²) in [4.78, 5) is 12.3. The first-order chi connectivity index (χ1) is 13.3. The molecule has 0 saturated carbocycles. The highest BCUT2D eigenvalue weighted by Gasteiger charge is 2.07. The number of methoxy groups -OCH3 is 2. The van der Waals surface area contributed by atoms with Gasteiger partial charge in [-0.25, -0.2) is 0 Å². The third-order valence-corrected chi connectivity index (χ3v) is 4.02. The summed E-state index contributed by atoms with van der Waals surface area (Å²) in [6, 6.07) is 9.43. The van der Waals surface area contributed by atoms with Gasteiger partial charge in [-0.05, 0) is 54.5 Å². The number of ketones is 1. The number of rotatable bonds is 7. The number of aliphatic hydroxyl groups excluding tert-OH is 1. The van der Waals surface area contributed by atoms with E-state index in [4.69, 9.17) is 9.47 Å². The lowest BCUT2D eigenvalue weighted by atomic mass is 10.1. The Hall–Kier alpha value is -3.67. The first kappa shape index (κ1) is 20.6. The molecule has 0 saturated heterocycles. The maximum atomic E-state index is 12.3. The molecule has 0 aliphatic heterocycles. The molecule has 0 aliphatic rings. The minimum absolute atomic E-state index is 0.00990. The Morgan fingerprint density at radius 1 is 0.857 bits per heavy atom. The summed E-state index contributed by atoms with van der Waals surface area (Å²) < 4.78 is 10.1. The molecule has 0 fully saturated rings. The Balaban J connectivity index is 2.15. The van der Waals surface area contributed by atoms with Crippen LogP contribution in [0.25, 0.3) is 12.2 Å². The van der Waals surface area contributed by atoms with Crippen LogP contribution < -0.4 is 9.47 Å². The lowest BCUT2D eigenvalue weighted by Crippen LogP contribution is -1.98. The van der Waals surface area contributed by atoms with Gasteiger partial charge in [0, 0.05) is 5.57 Å². The van der Waals surface area contributed by atoms with Gasteiger partial charge in [-0.2, -0.15) is 0 Å². The van der Waals surface area contributed by atoms with Crippen molar-refractivity contribution in [2.24, 2.45) is 0 Å². The number of carbonyl (C=O) groups excluding carboxylic acids is 1. The minimum Gasteiger partial charge on any atom is -0.508 e. The molecule has 0 aliphatic carbocycles. The molecule has 3 N–H and O–H groups in total. The van der Waals surface area contributed by atoms with E-state index in [1.54, 1.807) is 36.4 Å². The smallest absolute Gasteiger partial charge is 0.185 e. The first-order valence-corrected chi connectivity index (χ1v) is 8.40. The number of carbonyl (C=O) groups is 1. The fourth-order valence-corrected chi connectivity index (χ4v) is 2.32. The van der Waals surface area contributed by atoms with Crippen LogP contribution in [0, 0.1) is 0 Å². The Kier molecular flexibility index (Phi) is 6.87. The van der Waals surface area contributed by atoms with Crippen LogP contribution in [0.5, 0.6) is 23.0 Å². The van der Waals surface area contributed by atoms with Crippen LogP contribution >= 0.6 is 0 Å². The number of phenolic OH excluding ortho intramolecular Hbond substituents is 2. The van der Waals surface area contributed by atoms with Crippen LogP contribution in [-0.4, -0.2) is 35.3 Å². The van der Waals surface area contributed by atoms with Crippen LogP contribution in [0.1, 0.15) is 18.1 Å². The molecule has 0 bridgehead atoms. The number of hydrogen-bond donors (Lipinski definition) is 3. The molecular weight excluding hydrogens is 360 g/mol. The van der Waals surface area contributed by atoms with Gasteiger partial charge in [0.1, 0.15) is 5.76 Å². The molecule has 0 aromatic heterocycles. The van der Waals surface area contributed by atoms with Crippen molar-refractivity contribution >= 4 is 17.9 Å². The van der Waals surface area contributed by atoms with Crippen molar-refractivity contribution in [3.05, 3.63) is 71.0 Å². The Morgan fingerprint density at radius 2 is 1.32 bits per heavy atom. The topological polar surface area (TPSA) is 96.2 Å². The van der Waals surface area contributed by atoms with Crippen molar-refractivity contribution in [2.45, 2.75) is 6.92 Å². The molecule has 2 rings (SSSR count). The molecule has 6 nitrogen and oxygen atoms in total. The van der Waals surface area contributed by atoms with Crippen molar-refractivity contribution in [1.82, 2.24) is 0 Å². The van der Waals surface area contributed by atoms with Crippen LogP contribution in [0.15, 0.2) is 59.9 Å². The molecule has 0 unspecified atom stereocenters. The van der Waals surface area contributed by atoms with Crippen molar-refractivity contribution < 1.29 is 29.6 Å². The van der Waals surface area contributed by atoms with E-state index in [0.29, 0.717) is 22.6 Å². The summed E-state index contributed by atoms with van der Waals surface area (Å²) in [5, 5.41) is 29.3. The zero-order valence-corrected chi connectivity index (χ0v) is 15.8. The fraction of sp³-hybridized carbons (Fsp3) is 0.136. The molecular formula is C22H22O6. The Labute approximate surface area is 163 Å². The van der Waals surface area contributed by atoms with E-state index in [-0.39, 0.29) is 28.6 Å². The van der Waals surface area contributed by atoms with E-state index in [1.807, 2.05) is 0 Å². The molecule has 0 atom stereocenters. The molecule has 2 aromatic carbocycles. The quantitative estimate of drug-likeness (QED) is 0.376. The van der Waals surface area contributed by atoms with Gasteiger partial charge >= 0.3 is 0 Å². The predicted molar refractivity (Wildman–Crippen MR) is 108 cm³/mol. The van der Waals surface area contributed by atoms with E-state index in [9.17, 15) is 20.1 Å². The largest absolute Gasteiger partial charge is 0.508 e. The number of phenols is 2. The summed E-state index contributed by atoms with van der Waals surface area (Å²) in [5.74, 6) is 0.0996. The summed E-state index contributed by atoms with van der Waals surface area (Å²) in [7, 11) is 2.88. The standard InChI is InChI=1S/C22H22O6/c1-14(17(23)8-4-15-6-10-19(25)21(12-15)27-2)18(24)9-5-16-7-11-20(26)22(13-16)28-3/h4-13,23,25-26H,1-3H3/b8-4+,9-5+,17-14-. The second kappa shape index (κ2) is 9.32. The second-order valence-electron chi connectivity index (χ2n) is 5.90. The number of hydrogen-bond acceptors (Lipinski definition) is 6. The number of benzene rings is 2. The van der Waals surface area contributed by atoms with Gasteiger partial charge in [-0.1, -0.05) is 24.3 Å². The lowest BCUT2D eigenvalue weighted by molar-refractivity contribution is -0.111. The number of ether oxygens (including phenoxy) is 2. The van der Waals surface area contributed by atoms with Gasteiger partial charge in [-0.3, -0.25) is 4.79 Å². The molecule has 0 amide bonds. The van der Waals surface area contributed by atoms with E-state index >= 15 is 0 Å². The van der Waals surface area contributed by atoms with Crippen molar-refractivity contribution in [3.8, 4) is 23.0 Å². The second-order valence-corrected chi connectivity index (χ2v) is 5.90. The highest BCUT2D eigenvalue weighted by molar-refractivity contribution is 6.06. The number of aliphatic hydroxyl groups is 1. The molecule has 0 radical (unpaired) electrons. The summed E-state index contributed by atoms with van der Waals surface area (Å²) >= 11 is 0. The molecule has 0 heterocycles. The highest BCUT2D eigenvalue weighted by Crippen LogP contribution is 2.28. The van der Waals surface area contributed by atoms with Gasteiger partial charge in [0.2, 0.25) is 0 Å². The van der Waals surface area contributed by atoms with Gasteiger partial charge < -0.3 is 24.8 Å². The maximum Gasteiger partial charge on any atom is 0.185 e. The average Bonchev–Trinajstić information content (AvgIpc) is 2.71. The molecule has 28 heavy (non-hydrogen) atoms. The summed E-state index contributed by atoms with van der Waals surface area (Å²) in [6.45, 7) is 1.52. The molecule has 146 valence electrons. The van der Waals surface area contributed by atoms with Crippen LogP contribution in [-0.2, 0) is 4.79 Å². The van der Waals surface area contributed by atoms with Gasteiger partial charge in [0.05, 0.1) is 14.2 Å². The van der Waals surface area contributed by atoms with Crippen LogP contribution in [0.2, 0.25) is 0 Å². The zero-order valence-electron chi connectivity index (χ0n) is 15.8. The van der Waals surface area contributed by atoms with Crippen molar-refractivity contribution in [3.63, 3.8) is 0 Å². The maximum absolute atomic E-state index is 12.3. The molecule has 6 heteroatoms. The Bertz CT molecular complexity index is 953. The Morgan fingerprint density at radius 3 is 1.79 bits per heavy atom. The molecule has 2 aromatic rings. The van der Waals surface area contributed by atoms with Crippen molar-refractivity contribution in [2.75, 3.05) is 14.2 Å². The molecule has 0 spiro atoms. The van der Waals surface area contributed by atoms with E-state index < -0.39 is 0 Å². The summed E-state index contributed by atoms with van der Waals surface area (Å²) in [5.41, 5.74) is 1.53. The predicted octanol–water partition coefficient (Wildman–Crippen LogP) is 4.24. The lowest BCUT2D eigenvalue weighted by Gasteiger charge is -2.04. The van der Waals surface area contributed by atoms with Crippen molar-refractivity contribution in [1.29, 1.82) is 0 Å².